The fraction of sp³-hybridized carbons (Fsp3) is 0.238. The van der Waals surface area contributed by atoms with Crippen LogP contribution in [0.15, 0.2) is 48.5 Å². The molecule has 0 fully saturated rings. The van der Waals surface area contributed by atoms with Gasteiger partial charge in [0, 0.05) is 20.0 Å². The van der Waals surface area contributed by atoms with E-state index in [0.29, 0.717) is 22.6 Å². The molecule has 2 aromatic carbocycles. The van der Waals surface area contributed by atoms with E-state index in [0.717, 1.165) is 4.90 Å². The summed E-state index contributed by atoms with van der Waals surface area (Å²) < 4.78 is 5.69. The van der Waals surface area contributed by atoms with Crippen LogP contribution in [0.1, 0.15) is 27.1 Å². The number of benzene rings is 2. The van der Waals surface area contributed by atoms with E-state index < -0.39 is 17.9 Å². The second-order valence-corrected chi connectivity index (χ2v) is 6.75. The van der Waals surface area contributed by atoms with Gasteiger partial charge >= 0.3 is 0 Å². The van der Waals surface area contributed by atoms with Crippen molar-refractivity contribution in [3.63, 3.8) is 0 Å². The summed E-state index contributed by atoms with van der Waals surface area (Å²) in [6.07, 6.45) is -0.890. The normalized spacial score (nSPS) is 17.5. The van der Waals surface area contributed by atoms with Crippen LogP contribution in [-0.2, 0) is 9.59 Å². The number of likely N-dealkylation sites (N-methyl/N-ethyl adjacent to an activating group) is 1. The number of amides is 4. The molecule has 148 valence electrons. The first-order valence-electron chi connectivity index (χ1n) is 9.24. The van der Waals surface area contributed by atoms with E-state index in [9.17, 15) is 19.2 Å². The molecule has 0 saturated heterocycles. The van der Waals surface area contributed by atoms with Crippen LogP contribution in [0.3, 0.4) is 0 Å². The Morgan fingerprint density at radius 3 is 2.31 bits per heavy atom. The molecule has 0 aliphatic carbocycles. The second kappa shape index (κ2) is 7.38. The average molecular weight is 393 g/mol. The standard InChI is InChI=1S/C21H19N3O5/c1-22-19(26)17-12-24(15-8-4-5-9-16(15)29-17)18(25)10-11-23-20(27)13-6-2-3-7-14(13)21(23)28/h2-9,17H,10-12H2,1H3,(H,22,26)/t17-/m1/s1. The molecule has 4 amide bonds. The monoisotopic (exact) mass is 393 g/mol. The fourth-order valence-corrected chi connectivity index (χ4v) is 3.55. The number of hydrogen-bond donors (Lipinski definition) is 1. The topological polar surface area (TPSA) is 96.0 Å². The molecular weight excluding hydrogens is 374 g/mol. The third-order valence-corrected chi connectivity index (χ3v) is 5.04. The molecule has 0 spiro atoms. The van der Waals surface area contributed by atoms with Gasteiger partial charge in [0.2, 0.25) is 5.91 Å². The van der Waals surface area contributed by atoms with Gasteiger partial charge in [-0.2, -0.15) is 0 Å². The van der Waals surface area contributed by atoms with E-state index in [1.165, 1.54) is 11.9 Å². The van der Waals surface area contributed by atoms with Gasteiger partial charge in [-0.1, -0.05) is 24.3 Å². The smallest absolute Gasteiger partial charge is 0.262 e. The van der Waals surface area contributed by atoms with Crippen LogP contribution in [0.4, 0.5) is 5.69 Å². The number of imide groups is 1. The maximum atomic E-state index is 12.9. The Labute approximate surface area is 167 Å². The van der Waals surface area contributed by atoms with Crippen molar-refractivity contribution in [1.82, 2.24) is 10.2 Å². The largest absolute Gasteiger partial charge is 0.477 e. The lowest BCUT2D eigenvalue weighted by Gasteiger charge is -2.34. The van der Waals surface area contributed by atoms with Crippen molar-refractivity contribution < 1.29 is 23.9 Å². The van der Waals surface area contributed by atoms with E-state index >= 15 is 0 Å². The SMILES string of the molecule is CNC(=O)[C@H]1CN(C(=O)CCN2C(=O)c3ccccc3C2=O)c2ccccc2O1. The van der Waals surface area contributed by atoms with E-state index in [-0.39, 0.29) is 31.3 Å². The molecule has 0 unspecified atom stereocenters. The van der Waals surface area contributed by atoms with Crippen LogP contribution in [-0.4, -0.2) is 54.8 Å². The summed E-state index contributed by atoms with van der Waals surface area (Å²) in [6, 6.07) is 13.5. The number of hydrogen-bond acceptors (Lipinski definition) is 5. The van der Waals surface area contributed by atoms with Gasteiger partial charge in [-0.25, -0.2) is 0 Å². The van der Waals surface area contributed by atoms with Gasteiger partial charge in [-0.05, 0) is 24.3 Å². The average Bonchev–Trinajstić information content (AvgIpc) is 3.00. The van der Waals surface area contributed by atoms with E-state index in [1.807, 2.05) is 0 Å². The predicted octanol–water partition coefficient (Wildman–Crippen LogP) is 1.21. The van der Waals surface area contributed by atoms with Crippen molar-refractivity contribution in [2.45, 2.75) is 12.5 Å². The Morgan fingerprint density at radius 2 is 1.66 bits per heavy atom. The zero-order valence-electron chi connectivity index (χ0n) is 15.8. The van der Waals surface area contributed by atoms with Crippen molar-refractivity contribution in [2.75, 3.05) is 25.0 Å². The molecule has 2 aliphatic heterocycles. The summed E-state index contributed by atoms with van der Waals surface area (Å²) in [5.41, 5.74) is 1.25. The lowest BCUT2D eigenvalue weighted by Crippen LogP contribution is -2.50. The highest BCUT2D eigenvalue weighted by molar-refractivity contribution is 6.21. The van der Waals surface area contributed by atoms with Gasteiger partial charge in [-0.3, -0.25) is 24.1 Å². The van der Waals surface area contributed by atoms with Crippen LogP contribution in [0, 0.1) is 0 Å². The van der Waals surface area contributed by atoms with Gasteiger partial charge in [-0.15, -0.1) is 0 Å². The Morgan fingerprint density at radius 1 is 1.03 bits per heavy atom. The predicted molar refractivity (Wildman–Crippen MR) is 104 cm³/mol. The molecule has 1 atom stereocenters. The van der Waals surface area contributed by atoms with E-state index in [1.54, 1.807) is 48.5 Å². The number of rotatable bonds is 4. The van der Waals surface area contributed by atoms with E-state index in [4.69, 9.17) is 4.74 Å². The Balaban J connectivity index is 1.51. The number of carbonyl (C=O) groups excluding carboxylic acids is 4. The number of fused-ring (bicyclic) bond motifs is 2. The van der Waals surface area contributed by atoms with E-state index in [2.05, 4.69) is 5.32 Å². The van der Waals surface area contributed by atoms with Crippen molar-refractivity contribution >= 4 is 29.3 Å². The first-order valence-corrected chi connectivity index (χ1v) is 9.24. The molecule has 4 rings (SSSR count). The van der Waals surface area contributed by atoms with Gasteiger partial charge in [0.1, 0.15) is 5.75 Å². The Hall–Kier alpha value is -3.68. The zero-order chi connectivity index (χ0) is 20.5. The molecule has 0 radical (unpaired) electrons. The fourth-order valence-electron chi connectivity index (χ4n) is 3.55. The maximum Gasteiger partial charge on any atom is 0.262 e. The van der Waals surface area contributed by atoms with Crippen molar-refractivity contribution in [3.8, 4) is 5.75 Å². The molecular formula is C21H19N3O5. The van der Waals surface area contributed by atoms with Crippen LogP contribution in [0.2, 0.25) is 0 Å². The highest BCUT2D eigenvalue weighted by Crippen LogP contribution is 2.33. The van der Waals surface area contributed by atoms with Gasteiger partial charge in [0.05, 0.1) is 23.4 Å². The van der Waals surface area contributed by atoms with Gasteiger partial charge in [0.15, 0.2) is 6.10 Å². The molecule has 2 aromatic rings. The van der Waals surface area contributed by atoms with Crippen LogP contribution >= 0.6 is 0 Å². The summed E-state index contributed by atoms with van der Waals surface area (Å²) in [5.74, 6) is -1.00. The summed E-state index contributed by atoms with van der Waals surface area (Å²) in [5, 5.41) is 2.52. The van der Waals surface area contributed by atoms with Crippen LogP contribution < -0.4 is 15.0 Å². The first kappa shape index (κ1) is 18.7. The molecule has 8 heteroatoms. The lowest BCUT2D eigenvalue weighted by atomic mass is 10.1. The molecule has 29 heavy (non-hydrogen) atoms. The third kappa shape index (κ3) is 3.22. The summed E-state index contributed by atoms with van der Waals surface area (Å²) in [6.45, 7) is 0.0208. The minimum atomic E-state index is -0.835. The summed E-state index contributed by atoms with van der Waals surface area (Å²) >= 11 is 0. The number of anilines is 1. The molecule has 2 aliphatic rings. The summed E-state index contributed by atoms with van der Waals surface area (Å²) in [7, 11) is 1.50. The number of nitrogens with zero attached hydrogens (tertiary/aromatic N) is 2. The molecule has 0 bridgehead atoms. The highest BCUT2D eigenvalue weighted by Gasteiger charge is 2.37. The number of nitrogens with one attached hydrogen (secondary N) is 1. The van der Waals surface area contributed by atoms with Crippen LogP contribution in [0.5, 0.6) is 5.75 Å². The third-order valence-electron chi connectivity index (χ3n) is 5.04. The van der Waals surface area contributed by atoms with Crippen LogP contribution in [0.25, 0.3) is 0 Å². The number of ether oxygens (including phenoxy) is 1. The summed E-state index contributed by atoms with van der Waals surface area (Å²) in [4.78, 5) is 52.5. The Kier molecular flexibility index (Phi) is 4.75. The van der Waals surface area contributed by atoms with Crippen molar-refractivity contribution in [1.29, 1.82) is 0 Å². The van der Waals surface area contributed by atoms with Gasteiger partial charge < -0.3 is 15.0 Å². The van der Waals surface area contributed by atoms with Crippen molar-refractivity contribution in [2.24, 2.45) is 0 Å². The zero-order valence-corrected chi connectivity index (χ0v) is 15.8. The minimum Gasteiger partial charge on any atom is -0.477 e. The molecule has 0 saturated carbocycles. The lowest BCUT2D eigenvalue weighted by molar-refractivity contribution is -0.127. The van der Waals surface area contributed by atoms with Gasteiger partial charge in [0.25, 0.3) is 17.7 Å². The quantitative estimate of drug-likeness (QED) is 0.788. The molecule has 0 aromatic heterocycles. The number of carbonyl (C=O) groups is 4. The minimum absolute atomic E-state index is 0.0324. The number of para-hydroxylation sites is 2. The van der Waals surface area contributed by atoms with Crippen molar-refractivity contribution in [3.05, 3.63) is 59.7 Å². The molecule has 1 N–H and O–H groups in total. The highest BCUT2D eigenvalue weighted by atomic mass is 16.5. The maximum absolute atomic E-state index is 12.9. The Bertz CT molecular complexity index is 984. The molecule has 2 heterocycles. The second-order valence-electron chi connectivity index (χ2n) is 6.75. The first-order chi connectivity index (χ1) is 14.0. The molecule has 8 nitrogen and oxygen atoms in total.